The fourth-order valence-corrected chi connectivity index (χ4v) is 11.2. The van der Waals surface area contributed by atoms with Gasteiger partial charge in [0.05, 0.1) is 0 Å². The number of nitrogens with zero attached hydrogens (tertiary/aromatic N) is 2. The van der Waals surface area contributed by atoms with Crippen LogP contribution in [0.5, 0.6) is 5.75 Å². The van der Waals surface area contributed by atoms with E-state index in [0.717, 1.165) is 5.56 Å². The highest BCUT2D eigenvalue weighted by molar-refractivity contribution is 8.00. The number of hydrogen-bond donors (Lipinski definition) is 7. The van der Waals surface area contributed by atoms with E-state index >= 15 is 0 Å². The molecule has 15 nitrogen and oxygen atoms in total. The Labute approximate surface area is 343 Å². The first-order valence-electron chi connectivity index (χ1n) is 19.1. The van der Waals surface area contributed by atoms with Crippen LogP contribution in [0.4, 0.5) is 0 Å². The number of carboxylic acid groups (broad SMARTS) is 2. The fourth-order valence-electron chi connectivity index (χ4n) is 8.25. The number of nitrogens with one attached hydrogen (secondary N) is 4. The van der Waals surface area contributed by atoms with Gasteiger partial charge in [0.1, 0.15) is 52.7 Å². The first-order valence-corrected chi connectivity index (χ1v) is 21.2. The molecule has 4 amide bonds. The van der Waals surface area contributed by atoms with Crippen LogP contribution in [0.25, 0.3) is 0 Å². The monoisotopic (exact) mass is 830 g/mol. The lowest BCUT2D eigenvalue weighted by atomic mass is 9.94. The summed E-state index contributed by atoms with van der Waals surface area (Å²) < 4.78 is 0. The molecular formula is C41H46N6O9S2. The number of carbonyl (C=O) groups excluding carboxylic acids is 4. The van der Waals surface area contributed by atoms with Gasteiger partial charge in [0.15, 0.2) is 0 Å². The van der Waals surface area contributed by atoms with Crippen LogP contribution in [-0.2, 0) is 41.9 Å². The molecule has 4 heterocycles. The van der Waals surface area contributed by atoms with Crippen LogP contribution >= 0.6 is 23.5 Å². The Kier molecular flexibility index (Phi) is 12.0. The molecule has 0 bridgehead atoms. The van der Waals surface area contributed by atoms with Gasteiger partial charge >= 0.3 is 11.9 Å². The quantitative estimate of drug-likeness (QED) is 0.116. The summed E-state index contributed by atoms with van der Waals surface area (Å²) in [6.45, 7) is 5.54. The Bertz CT molecular complexity index is 1950. The zero-order valence-corrected chi connectivity index (χ0v) is 33.7. The molecule has 0 radical (unpaired) electrons. The normalized spacial score (nSPS) is 27.2. The highest BCUT2D eigenvalue weighted by Gasteiger charge is 2.58. The summed E-state index contributed by atoms with van der Waals surface area (Å²) in [6.07, 6.45) is 0. The number of rotatable bonds is 14. The van der Waals surface area contributed by atoms with Crippen molar-refractivity contribution in [1.82, 2.24) is 31.1 Å². The van der Waals surface area contributed by atoms with E-state index in [9.17, 15) is 44.1 Å². The van der Waals surface area contributed by atoms with Gasteiger partial charge in [0.2, 0.25) is 23.6 Å². The van der Waals surface area contributed by atoms with E-state index in [4.69, 9.17) is 0 Å². The first kappa shape index (κ1) is 41.1. The van der Waals surface area contributed by atoms with Crippen LogP contribution in [0.1, 0.15) is 53.7 Å². The van der Waals surface area contributed by atoms with Gasteiger partial charge in [-0.3, -0.25) is 29.8 Å². The maximum absolute atomic E-state index is 13.9. The van der Waals surface area contributed by atoms with E-state index < -0.39 is 82.6 Å². The number of phenols is 1. The Morgan fingerprint density at radius 2 is 1.07 bits per heavy atom. The zero-order chi connectivity index (χ0) is 41.4. The molecular weight excluding hydrogens is 785 g/mol. The topological polar surface area (TPSA) is 218 Å². The van der Waals surface area contributed by atoms with Crippen molar-refractivity contribution in [2.24, 2.45) is 11.8 Å². The molecule has 58 heavy (non-hydrogen) atoms. The van der Waals surface area contributed by atoms with Crippen molar-refractivity contribution in [2.45, 2.75) is 80.9 Å². The summed E-state index contributed by atoms with van der Waals surface area (Å²) >= 11 is 2.89. The minimum atomic E-state index is -1.07. The smallest absolute Gasteiger partial charge is 0.326 e. The third kappa shape index (κ3) is 7.87. The maximum Gasteiger partial charge on any atom is 0.326 e. The predicted octanol–water partition coefficient (Wildman–Crippen LogP) is 2.34. The van der Waals surface area contributed by atoms with Crippen LogP contribution in [0.15, 0.2) is 72.8 Å². The van der Waals surface area contributed by atoms with Crippen LogP contribution in [0.2, 0.25) is 0 Å². The van der Waals surface area contributed by atoms with E-state index in [1.165, 1.54) is 33.3 Å². The zero-order valence-electron chi connectivity index (χ0n) is 32.0. The number of amides is 4. The van der Waals surface area contributed by atoms with Crippen molar-refractivity contribution in [1.29, 1.82) is 0 Å². The van der Waals surface area contributed by atoms with Crippen molar-refractivity contribution in [3.63, 3.8) is 0 Å². The van der Waals surface area contributed by atoms with Crippen molar-refractivity contribution in [3.8, 4) is 5.75 Å². The number of aryl methyl sites for hydroxylation is 1. The summed E-state index contributed by atoms with van der Waals surface area (Å²) in [6, 6.07) is 15.9. The molecule has 10 atom stereocenters. The lowest BCUT2D eigenvalue weighted by Gasteiger charge is -2.53. The number of thioether (sulfide) groups is 2. The Balaban J connectivity index is 1.04. The molecule has 4 fully saturated rings. The molecule has 7 N–H and O–H groups in total. The molecule has 7 rings (SSSR count). The number of aliphatic carboxylic acids is 2. The molecule has 0 saturated carbocycles. The molecule has 0 spiro atoms. The average Bonchev–Trinajstić information content (AvgIpc) is 3.20. The van der Waals surface area contributed by atoms with Gasteiger partial charge in [-0.1, -0.05) is 92.2 Å². The third-order valence-electron chi connectivity index (χ3n) is 11.2. The summed E-state index contributed by atoms with van der Waals surface area (Å²) in [4.78, 5) is 80.8. The summed E-state index contributed by atoms with van der Waals surface area (Å²) in [5, 5.41) is 42.3. The number of β-lactam (4-membered cyclic amide) rings is 2. The largest absolute Gasteiger partial charge is 0.507 e. The van der Waals surface area contributed by atoms with Crippen LogP contribution in [0, 0.1) is 18.8 Å². The van der Waals surface area contributed by atoms with Gasteiger partial charge in [-0.25, -0.2) is 9.59 Å². The molecule has 306 valence electrons. The molecule has 0 aliphatic carbocycles. The number of phenolic OH excluding ortho intramolecular Hbond substituents is 1. The number of benzene rings is 3. The summed E-state index contributed by atoms with van der Waals surface area (Å²) in [5.74, 6) is -3.44. The molecule has 0 aromatic heterocycles. The second-order valence-corrected chi connectivity index (χ2v) is 17.6. The second kappa shape index (κ2) is 17.0. The van der Waals surface area contributed by atoms with Crippen LogP contribution < -0.4 is 21.3 Å². The summed E-state index contributed by atoms with van der Waals surface area (Å²) in [5.41, 5.74) is 3.01. The highest BCUT2D eigenvalue weighted by Crippen LogP contribution is 2.42. The number of fused-ring (bicyclic) bond motifs is 2. The van der Waals surface area contributed by atoms with E-state index in [1.807, 2.05) is 19.1 Å². The minimum absolute atomic E-state index is 0.0485. The Morgan fingerprint density at radius 1 is 0.690 bits per heavy atom. The van der Waals surface area contributed by atoms with Crippen molar-refractivity contribution in [3.05, 3.63) is 101 Å². The summed E-state index contributed by atoms with van der Waals surface area (Å²) in [7, 11) is 0. The lowest BCUT2D eigenvalue weighted by molar-refractivity contribution is -0.165. The van der Waals surface area contributed by atoms with E-state index in [1.54, 1.807) is 74.5 Å². The van der Waals surface area contributed by atoms with Gasteiger partial charge < -0.3 is 35.8 Å². The fraction of sp³-hybridized carbons (Fsp3) is 0.415. The number of carboxylic acids is 2. The SMILES string of the molecule is Cc1cc(CN[C@H](C(=O)NC2C(=O)N3C2SCC(C)C3C(=O)O)c2ccccc2)c(O)c(CN[C@@H](C(=O)NC2C(=O)N3C2SCC(C)C3C(=O)O)c2ccccc2)c1. The first-order chi connectivity index (χ1) is 27.8. The van der Waals surface area contributed by atoms with E-state index in [0.29, 0.717) is 33.8 Å². The van der Waals surface area contributed by atoms with E-state index in [-0.39, 0.29) is 30.7 Å². The maximum atomic E-state index is 13.9. The van der Waals surface area contributed by atoms with Gasteiger partial charge in [0.25, 0.3) is 0 Å². The average molecular weight is 831 g/mol. The highest BCUT2D eigenvalue weighted by atomic mass is 32.2. The Hall–Kier alpha value is -5.10. The number of aromatic hydroxyl groups is 1. The molecule has 17 heteroatoms. The molecule has 3 aromatic carbocycles. The standard InChI is InChI=1S/C41H46N6O9S2/c1-20-14-25(16-42-27(23-10-6-4-7-11-23)34(49)44-29-36(51)46-31(40(53)54)21(2)18-57-38(29)46)33(48)26(15-20)17-43-28(24-12-8-5-9-13-24)35(50)45-30-37(52)47-32(41(55)56)22(3)19-58-39(30)47/h4-15,21-22,27-32,38-39,42-43,48H,16-19H2,1-3H3,(H,44,49)(H,45,50)(H,53,54)(H,55,56)/t21?,22?,27-,28+,29?,30?,31?,32?,38?,39?. The third-order valence-corrected chi connectivity index (χ3v) is 14.3. The van der Waals surface area contributed by atoms with Gasteiger partial charge in [-0.15, -0.1) is 23.5 Å². The molecule has 3 aromatic rings. The van der Waals surface area contributed by atoms with Gasteiger partial charge in [-0.05, 0) is 29.9 Å². The number of carbonyl (C=O) groups is 6. The lowest BCUT2D eigenvalue weighted by Crippen LogP contribution is -2.75. The van der Waals surface area contributed by atoms with E-state index in [2.05, 4.69) is 21.3 Å². The molecule has 8 unspecified atom stereocenters. The number of hydrogen-bond acceptors (Lipinski definition) is 11. The van der Waals surface area contributed by atoms with Gasteiger partial charge in [0, 0.05) is 35.7 Å². The second-order valence-electron chi connectivity index (χ2n) is 15.3. The van der Waals surface area contributed by atoms with Gasteiger partial charge in [-0.2, -0.15) is 0 Å². The van der Waals surface area contributed by atoms with Crippen molar-refractivity contribution < 1.29 is 44.1 Å². The molecule has 4 aliphatic rings. The predicted molar refractivity (Wildman–Crippen MR) is 216 cm³/mol. The molecule has 4 saturated heterocycles. The minimum Gasteiger partial charge on any atom is -0.507 e. The van der Waals surface area contributed by atoms with Crippen LogP contribution in [-0.4, -0.2) is 107 Å². The molecule has 4 aliphatic heterocycles. The van der Waals surface area contributed by atoms with Crippen molar-refractivity contribution >= 4 is 59.1 Å². The Morgan fingerprint density at radius 3 is 1.43 bits per heavy atom. The van der Waals surface area contributed by atoms with Crippen LogP contribution in [0.3, 0.4) is 0 Å². The van der Waals surface area contributed by atoms with Crippen molar-refractivity contribution in [2.75, 3.05) is 11.5 Å².